The van der Waals surface area contributed by atoms with E-state index in [0.717, 1.165) is 9.44 Å². The topological polar surface area (TPSA) is 73.1 Å². The molecule has 30 heavy (non-hydrogen) atoms. The molecule has 2 aromatic heterocycles. The van der Waals surface area contributed by atoms with Crippen molar-refractivity contribution in [2.75, 3.05) is 5.32 Å². The van der Waals surface area contributed by atoms with Gasteiger partial charge in [-0.05, 0) is 49.4 Å². The summed E-state index contributed by atoms with van der Waals surface area (Å²) in [6, 6.07) is 13.5. The number of halogens is 2. The van der Waals surface area contributed by atoms with Crippen molar-refractivity contribution >= 4 is 44.7 Å². The molecule has 0 saturated heterocycles. The van der Waals surface area contributed by atoms with Crippen LogP contribution in [0.25, 0.3) is 15.9 Å². The van der Waals surface area contributed by atoms with E-state index < -0.39 is 23.0 Å². The summed E-state index contributed by atoms with van der Waals surface area (Å²) in [5, 5.41) is 3.27. The van der Waals surface area contributed by atoms with E-state index in [4.69, 9.17) is 11.6 Å². The van der Waals surface area contributed by atoms with E-state index in [9.17, 15) is 18.8 Å². The second-order valence-corrected chi connectivity index (χ2v) is 8.29. The van der Waals surface area contributed by atoms with Gasteiger partial charge in [0.05, 0.1) is 11.1 Å². The third-order valence-electron chi connectivity index (χ3n) is 4.41. The van der Waals surface area contributed by atoms with Crippen molar-refractivity contribution in [3.8, 4) is 5.69 Å². The van der Waals surface area contributed by atoms with E-state index in [1.165, 1.54) is 40.2 Å². The summed E-state index contributed by atoms with van der Waals surface area (Å²) in [6.07, 6.45) is 0. The van der Waals surface area contributed by atoms with Crippen LogP contribution in [0.3, 0.4) is 0 Å². The fourth-order valence-corrected chi connectivity index (χ4v) is 4.34. The molecule has 6 nitrogen and oxygen atoms in total. The number of aryl methyl sites for hydroxylation is 1. The van der Waals surface area contributed by atoms with Crippen LogP contribution in [0.4, 0.5) is 10.1 Å². The Hall–Kier alpha value is -3.23. The molecule has 0 radical (unpaired) electrons. The van der Waals surface area contributed by atoms with Crippen molar-refractivity contribution in [1.29, 1.82) is 0 Å². The lowest BCUT2D eigenvalue weighted by Gasteiger charge is -2.12. The van der Waals surface area contributed by atoms with Gasteiger partial charge in [0.25, 0.3) is 5.56 Å². The van der Waals surface area contributed by atoms with Crippen molar-refractivity contribution in [2.45, 2.75) is 13.5 Å². The number of hydrogen-bond donors (Lipinski definition) is 1. The summed E-state index contributed by atoms with van der Waals surface area (Å²) in [6.45, 7) is 1.47. The number of hydrogen-bond acceptors (Lipinski definition) is 4. The highest BCUT2D eigenvalue weighted by atomic mass is 35.5. The van der Waals surface area contributed by atoms with Gasteiger partial charge in [-0.15, -0.1) is 11.3 Å². The standard InChI is InChI=1S/C21H15ClFN3O3S/c1-12-8-17-19(28)26(16-7-2-4-13(22)9-16)21(29)25(20(17)30-12)11-18(27)24-15-6-3-5-14(23)10-15/h2-10H,11H2,1H3,(H,24,27). The number of benzene rings is 2. The molecule has 0 atom stereocenters. The minimum Gasteiger partial charge on any atom is -0.324 e. The lowest BCUT2D eigenvalue weighted by molar-refractivity contribution is -0.116. The van der Waals surface area contributed by atoms with E-state index in [2.05, 4.69) is 5.32 Å². The SMILES string of the molecule is Cc1cc2c(=O)n(-c3cccc(Cl)c3)c(=O)n(CC(=O)Nc3cccc(F)c3)c2s1. The first kappa shape index (κ1) is 20.1. The summed E-state index contributed by atoms with van der Waals surface area (Å²) in [5.74, 6) is -1.01. The number of amides is 1. The fraction of sp³-hybridized carbons (Fsp3) is 0.0952. The average molecular weight is 444 g/mol. The Morgan fingerprint density at radius 3 is 2.63 bits per heavy atom. The van der Waals surface area contributed by atoms with Gasteiger partial charge in [-0.3, -0.25) is 14.2 Å². The van der Waals surface area contributed by atoms with Crippen molar-refractivity contribution < 1.29 is 9.18 Å². The van der Waals surface area contributed by atoms with Gasteiger partial charge < -0.3 is 5.32 Å². The molecule has 1 amide bonds. The molecule has 0 unspecified atom stereocenters. The summed E-state index contributed by atoms with van der Waals surface area (Å²) in [7, 11) is 0. The van der Waals surface area contributed by atoms with Crippen LogP contribution in [0, 0.1) is 12.7 Å². The summed E-state index contributed by atoms with van der Waals surface area (Å²) < 4.78 is 15.6. The highest BCUT2D eigenvalue weighted by Gasteiger charge is 2.19. The number of carbonyl (C=O) groups is 1. The number of aromatic nitrogens is 2. The number of nitrogens with one attached hydrogen (secondary N) is 1. The molecular formula is C21H15ClFN3O3S. The van der Waals surface area contributed by atoms with E-state index in [-0.39, 0.29) is 12.2 Å². The summed E-state index contributed by atoms with van der Waals surface area (Å²) in [4.78, 5) is 40.0. The zero-order valence-electron chi connectivity index (χ0n) is 15.7. The summed E-state index contributed by atoms with van der Waals surface area (Å²) >= 11 is 7.28. The molecule has 9 heteroatoms. The first-order valence-electron chi connectivity index (χ1n) is 8.91. The second-order valence-electron chi connectivity index (χ2n) is 6.62. The molecular weight excluding hydrogens is 429 g/mol. The molecule has 4 rings (SSSR count). The Labute approximate surface area is 178 Å². The minimum atomic E-state index is -0.661. The van der Waals surface area contributed by atoms with Gasteiger partial charge in [0.15, 0.2) is 0 Å². The summed E-state index contributed by atoms with van der Waals surface area (Å²) in [5.41, 5.74) is -0.563. The smallest absolute Gasteiger partial charge is 0.324 e. The number of carbonyl (C=O) groups excluding carboxylic acids is 1. The number of rotatable bonds is 4. The normalized spacial score (nSPS) is 11.0. The highest BCUT2D eigenvalue weighted by Crippen LogP contribution is 2.22. The molecule has 1 N–H and O–H groups in total. The molecule has 152 valence electrons. The van der Waals surface area contributed by atoms with Gasteiger partial charge in [0, 0.05) is 15.6 Å². The first-order valence-corrected chi connectivity index (χ1v) is 10.1. The van der Waals surface area contributed by atoms with Crippen LogP contribution in [0.15, 0.2) is 64.2 Å². The Morgan fingerprint density at radius 2 is 1.90 bits per heavy atom. The predicted molar refractivity (Wildman–Crippen MR) is 116 cm³/mol. The molecule has 0 fully saturated rings. The van der Waals surface area contributed by atoms with Gasteiger partial charge in [0.2, 0.25) is 5.91 Å². The predicted octanol–water partition coefficient (Wildman–Crippen LogP) is 3.95. The van der Waals surface area contributed by atoms with Gasteiger partial charge >= 0.3 is 5.69 Å². The van der Waals surface area contributed by atoms with Crippen LogP contribution < -0.4 is 16.6 Å². The van der Waals surface area contributed by atoms with E-state index in [1.807, 2.05) is 6.92 Å². The Balaban J connectivity index is 1.84. The fourth-order valence-electron chi connectivity index (χ4n) is 3.16. The Kier molecular flexibility index (Phi) is 5.27. The number of fused-ring (bicyclic) bond motifs is 1. The average Bonchev–Trinajstić information content (AvgIpc) is 3.07. The molecule has 0 aliphatic carbocycles. The monoisotopic (exact) mass is 443 g/mol. The third-order valence-corrected chi connectivity index (χ3v) is 5.72. The van der Waals surface area contributed by atoms with Crippen molar-refractivity contribution in [3.63, 3.8) is 0 Å². The second kappa shape index (κ2) is 7.89. The molecule has 4 aromatic rings. The Bertz CT molecular complexity index is 1410. The van der Waals surface area contributed by atoms with Gasteiger partial charge in [-0.25, -0.2) is 13.8 Å². The minimum absolute atomic E-state index is 0.273. The largest absolute Gasteiger partial charge is 0.337 e. The quantitative estimate of drug-likeness (QED) is 0.519. The van der Waals surface area contributed by atoms with E-state index in [1.54, 1.807) is 30.3 Å². The molecule has 2 aromatic carbocycles. The molecule has 0 bridgehead atoms. The van der Waals surface area contributed by atoms with Gasteiger partial charge in [-0.1, -0.05) is 23.7 Å². The zero-order chi connectivity index (χ0) is 21.4. The number of anilines is 1. The molecule has 0 saturated carbocycles. The van der Waals surface area contributed by atoms with E-state index >= 15 is 0 Å². The highest BCUT2D eigenvalue weighted by molar-refractivity contribution is 7.18. The van der Waals surface area contributed by atoms with Crippen molar-refractivity contribution in [2.24, 2.45) is 0 Å². The first-order chi connectivity index (χ1) is 14.3. The third kappa shape index (κ3) is 3.79. The van der Waals surface area contributed by atoms with Crippen LogP contribution in [0.2, 0.25) is 5.02 Å². The lowest BCUT2D eigenvalue weighted by atomic mass is 10.3. The number of thiophene rings is 1. The van der Waals surface area contributed by atoms with Crippen LogP contribution in [-0.4, -0.2) is 15.0 Å². The maximum Gasteiger partial charge on any atom is 0.337 e. The van der Waals surface area contributed by atoms with Crippen molar-refractivity contribution in [3.05, 3.63) is 91.2 Å². The lowest BCUT2D eigenvalue weighted by Crippen LogP contribution is -2.40. The van der Waals surface area contributed by atoms with Crippen LogP contribution >= 0.6 is 22.9 Å². The molecule has 0 aliphatic rings. The maximum absolute atomic E-state index is 13.4. The van der Waals surface area contributed by atoms with Gasteiger partial charge in [0.1, 0.15) is 17.2 Å². The van der Waals surface area contributed by atoms with Crippen LogP contribution in [-0.2, 0) is 11.3 Å². The van der Waals surface area contributed by atoms with Gasteiger partial charge in [-0.2, -0.15) is 0 Å². The van der Waals surface area contributed by atoms with Crippen LogP contribution in [0.5, 0.6) is 0 Å². The maximum atomic E-state index is 13.4. The van der Waals surface area contributed by atoms with Crippen LogP contribution in [0.1, 0.15) is 4.88 Å². The molecule has 2 heterocycles. The molecule has 0 aliphatic heterocycles. The Morgan fingerprint density at radius 1 is 1.13 bits per heavy atom. The molecule has 0 spiro atoms. The number of nitrogens with zero attached hydrogens (tertiary/aromatic N) is 2. The van der Waals surface area contributed by atoms with E-state index in [0.29, 0.717) is 20.9 Å². The van der Waals surface area contributed by atoms with Crippen molar-refractivity contribution in [1.82, 2.24) is 9.13 Å². The zero-order valence-corrected chi connectivity index (χ0v) is 17.3.